The fourth-order valence-electron chi connectivity index (χ4n) is 3.72. The first-order chi connectivity index (χ1) is 17.9. The summed E-state index contributed by atoms with van der Waals surface area (Å²) in [6.07, 6.45) is 1.58. The lowest BCUT2D eigenvalue weighted by molar-refractivity contribution is -0.0530. The molecule has 37 heavy (non-hydrogen) atoms. The number of nitrogens with zero attached hydrogens (tertiary/aromatic N) is 8. The van der Waals surface area contributed by atoms with Crippen LogP contribution in [-0.4, -0.2) is 48.2 Å². The third-order valence-corrected chi connectivity index (χ3v) is 5.43. The maximum atomic E-state index is 12.7. The molecular weight excluding hydrogens is 484 g/mol. The van der Waals surface area contributed by atoms with Gasteiger partial charge in [-0.3, -0.25) is 4.57 Å². The number of ether oxygens (including phenoxy) is 2. The minimum Gasteiger partial charge on any atom is -0.494 e. The van der Waals surface area contributed by atoms with Gasteiger partial charge in [0.05, 0.1) is 35.1 Å². The van der Waals surface area contributed by atoms with Crippen molar-refractivity contribution in [2.45, 2.75) is 20.5 Å². The van der Waals surface area contributed by atoms with Crippen molar-refractivity contribution in [2.24, 2.45) is 0 Å². The lowest BCUT2D eigenvalue weighted by atomic mass is 10.2. The molecule has 11 nitrogen and oxygen atoms in total. The number of nitrogens with one attached hydrogen (secondary N) is 1. The number of hydrogen-bond donors (Lipinski definition) is 1. The molecule has 13 heteroatoms. The Balaban J connectivity index is 1.60. The maximum absolute atomic E-state index is 12.7. The number of aromatic nitrogens is 7. The highest BCUT2D eigenvalue weighted by molar-refractivity contribution is 5.86. The second-order valence-corrected chi connectivity index (χ2v) is 7.91. The first-order valence-electron chi connectivity index (χ1n) is 10.9. The van der Waals surface area contributed by atoms with Crippen LogP contribution >= 0.6 is 0 Å². The Morgan fingerprint density at radius 2 is 1.92 bits per heavy atom. The molecule has 4 aromatic heterocycles. The number of benzene rings is 1. The topological polar surface area (TPSA) is 129 Å². The number of halogens is 2. The molecule has 0 amide bonds. The standard InChI is InChI=1S/C24H19F2N9O2/c1-13-4-6-20(32-31-13)29-17-9-18-16(10-19(17)36-3)28-12-34(18)21-7-5-15(11-27)23(30-21)35-14(2)8-22(33-35)37-24(25)26/h4-10,12,24H,1-3H3,(H,29,32). The van der Waals surface area contributed by atoms with Crippen LogP contribution in [0, 0.1) is 25.2 Å². The fourth-order valence-corrected chi connectivity index (χ4v) is 3.72. The van der Waals surface area contributed by atoms with Crippen LogP contribution in [0.15, 0.2) is 48.8 Å². The van der Waals surface area contributed by atoms with Crippen LogP contribution in [0.25, 0.3) is 22.7 Å². The Morgan fingerprint density at radius 3 is 2.62 bits per heavy atom. The second-order valence-electron chi connectivity index (χ2n) is 7.91. The van der Waals surface area contributed by atoms with Crippen molar-refractivity contribution in [3.8, 4) is 29.3 Å². The zero-order valence-corrected chi connectivity index (χ0v) is 19.8. The summed E-state index contributed by atoms with van der Waals surface area (Å²) in [7, 11) is 1.55. The highest BCUT2D eigenvalue weighted by atomic mass is 19.3. The molecule has 0 aliphatic heterocycles. The molecule has 0 aliphatic carbocycles. The molecule has 0 unspecified atom stereocenters. The third-order valence-electron chi connectivity index (χ3n) is 5.43. The Bertz CT molecular complexity index is 1640. The first kappa shape index (κ1) is 23.6. The predicted octanol–water partition coefficient (Wildman–Crippen LogP) is 4.24. The molecule has 1 N–H and O–H groups in total. The van der Waals surface area contributed by atoms with Gasteiger partial charge in [-0.1, -0.05) is 0 Å². The summed E-state index contributed by atoms with van der Waals surface area (Å²) >= 11 is 0. The van der Waals surface area contributed by atoms with Crippen LogP contribution in [0.2, 0.25) is 0 Å². The average molecular weight is 503 g/mol. The SMILES string of the molecule is COc1cc2ncn(-c3ccc(C#N)c(-n4nc(OC(F)F)cc4C)n3)c2cc1Nc1ccc(C)nn1. The number of anilines is 2. The van der Waals surface area contributed by atoms with Gasteiger partial charge in [0.25, 0.3) is 0 Å². The van der Waals surface area contributed by atoms with Gasteiger partial charge in [-0.2, -0.15) is 19.1 Å². The normalized spacial score (nSPS) is 11.1. The highest BCUT2D eigenvalue weighted by Gasteiger charge is 2.18. The van der Waals surface area contributed by atoms with Gasteiger partial charge >= 0.3 is 6.61 Å². The van der Waals surface area contributed by atoms with E-state index in [1.54, 1.807) is 49.2 Å². The molecule has 5 aromatic rings. The summed E-state index contributed by atoms with van der Waals surface area (Å²) in [6.45, 7) is 0.463. The first-order valence-corrected chi connectivity index (χ1v) is 10.9. The van der Waals surface area contributed by atoms with Crippen LogP contribution in [0.5, 0.6) is 11.6 Å². The third kappa shape index (κ3) is 4.59. The summed E-state index contributed by atoms with van der Waals surface area (Å²) in [5, 5.41) is 25.1. The number of nitriles is 1. The molecule has 186 valence electrons. The van der Waals surface area contributed by atoms with E-state index in [1.165, 1.54) is 10.7 Å². The van der Waals surface area contributed by atoms with Crippen LogP contribution < -0.4 is 14.8 Å². The molecule has 1 aromatic carbocycles. The van der Waals surface area contributed by atoms with Gasteiger partial charge in [0.2, 0.25) is 5.88 Å². The summed E-state index contributed by atoms with van der Waals surface area (Å²) in [5.74, 6) is 1.38. The molecule has 0 atom stereocenters. The number of aryl methyl sites for hydroxylation is 2. The van der Waals surface area contributed by atoms with E-state index in [2.05, 4.69) is 41.4 Å². The lowest BCUT2D eigenvalue weighted by Crippen LogP contribution is -2.09. The summed E-state index contributed by atoms with van der Waals surface area (Å²) in [4.78, 5) is 9.07. The summed E-state index contributed by atoms with van der Waals surface area (Å²) in [6, 6.07) is 13.9. The number of fused-ring (bicyclic) bond motifs is 1. The molecule has 0 radical (unpaired) electrons. The number of imidazole rings is 1. The van der Waals surface area contributed by atoms with Gasteiger partial charge in [-0.15, -0.1) is 10.2 Å². The lowest BCUT2D eigenvalue weighted by Gasteiger charge is -2.12. The van der Waals surface area contributed by atoms with Gasteiger partial charge in [0, 0.05) is 17.8 Å². The van der Waals surface area contributed by atoms with E-state index >= 15 is 0 Å². The van der Waals surface area contributed by atoms with Crippen LogP contribution in [-0.2, 0) is 0 Å². The van der Waals surface area contributed by atoms with E-state index < -0.39 is 6.61 Å². The van der Waals surface area contributed by atoms with E-state index in [1.807, 2.05) is 19.1 Å². The number of pyridine rings is 1. The van der Waals surface area contributed by atoms with Crippen molar-refractivity contribution >= 4 is 22.5 Å². The predicted molar refractivity (Wildman–Crippen MR) is 129 cm³/mol. The van der Waals surface area contributed by atoms with E-state index in [0.29, 0.717) is 39.8 Å². The van der Waals surface area contributed by atoms with Crippen molar-refractivity contribution in [1.82, 2.24) is 34.5 Å². The highest BCUT2D eigenvalue weighted by Crippen LogP contribution is 2.33. The molecule has 4 heterocycles. The zero-order valence-electron chi connectivity index (χ0n) is 19.8. The van der Waals surface area contributed by atoms with Crippen LogP contribution in [0.4, 0.5) is 20.3 Å². The van der Waals surface area contributed by atoms with Gasteiger partial charge in [0.1, 0.15) is 24.0 Å². The van der Waals surface area contributed by atoms with Crippen molar-refractivity contribution in [2.75, 3.05) is 12.4 Å². The Kier molecular flexibility index (Phi) is 6.06. The smallest absolute Gasteiger partial charge is 0.388 e. The monoisotopic (exact) mass is 503 g/mol. The number of rotatable bonds is 7. The quantitative estimate of drug-likeness (QED) is 0.347. The largest absolute Gasteiger partial charge is 0.494 e. The number of methoxy groups -OCH3 is 1. The van der Waals surface area contributed by atoms with Gasteiger partial charge in [-0.25, -0.2) is 14.6 Å². The second kappa shape index (κ2) is 9.50. The van der Waals surface area contributed by atoms with Gasteiger partial charge < -0.3 is 14.8 Å². The van der Waals surface area contributed by atoms with Crippen molar-refractivity contribution in [1.29, 1.82) is 5.26 Å². The average Bonchev–Trinajstić information content (AvgIpc) is 3.46. The van der Waals surface area contributed by atoms with Crippen LogP contribution in [0.3, 0.4) is 0 Å². The van der Waals surface area contributed by atoms with Crippen LogP contribution in [0.1, 0.15) is 17.0 Å². The number of alkyl halides is 2. The minimum atomic E-state index is -3.03. The zero-order chi connectivity index (χ0) is 26.1. The van der Waals surface area contributed by atoms with E-state index in [4.69, 9.17) is 4.74 Å². The Morgan fingerprint density at radius 1 is 1.08 bits per heavy atom. The molecule has 0 saturated carbocycles. The summed E-state index contributed by atoms with van der Waals surface area (Å²) < 4.78 is 38.3. The molecule has 0 spiro atoms. The molecule has 0 bridgehead atoms. The van der Waals surface area contributed by atoms with Crippen molar-refractivity contribution < 1.29 is 18.3 Å². The van der Waals surface area contributed by atoms with E-state index in [9.17, 15) is 14.0 Å². The Labute approximate surface area is 208 Å². The van der Waals surface area contributed by atoms with Crippen molar-refractivity contribution in [3.63, 3.8) is 0 Å². The van der Waals surface area contributed by atoms with Gasteiger partial charge in [0.15, 0.2) is 11.6 Å². The molecule has 0 saturated heterocycles. The number of hydrogen-bond acceptors (Lipinski definition) is 9. The Hall–Kier alpha value is -5.12. The fraction of sp³-hybridized carbons (Fsp3) is 0.167. The van der Waals surface area contributed by atoms with E-state index in [-0.39, 0.29) is 17.3 Å². The molecular formula is C24H19F2N9O2. The summed E-state index contributed by atoms with van der Waals surface area (Å²) in [5.41, 5.74) is 3.39. The molecule has 0 aliphatic rings. The van der Waals surface area contributed by atoms with E-state index in [0.717, 1.165) is 5.69 Å². The minimum absolute atomic E-state index is 0.158. The molecule has 0 fully saturated rings. The maximum Gasteiger partial charge on any atom is 0.388 e. The van der Waals surface area contributed by atoms with Crippen molar-refractivity contribution in [3.05, 3.63) is 65.7 Å². The van der Waals surface area contributed by atoms with Gasteiger partial charge in [-0.05, 0) is 44.2 Å². The molecule has 5 rings (SSSR count).